The summed E-state index contributed by atoms with van der Waals surface area (Å²) in [4.78, 5) is 45.9. The number of ether oxygens (including phenoxy) is 1. The van der Waals surface area contributed by atoms with E-state index in [9.17, 15) is 14.4 Å². The van der Waals surface area contributed by atoms with Gasteiger partial charge in [-0.25, -0.2) is 0 Å². The maximum Gasteiger partial charge on any atom is 0.246 e. The quantitative estimate of drug-likeness (QED) is 0.384. The lowest BCUT2D eigenvalue weighted by Gasteiger charge is -2.34. The van der Waals surface area contributed by atoms with Crippen LogP contribution in [0, 0.1) is 18.8 Å². The monoisotopic (exact) mass is 604 g/mol. The van der Waals surface area contributed by atoms with E-state index in [1.807, 2.05) is 43.3 Å². The summed E-state index contributed by atoms with van der Waals surface area (Å²) in [5.74, 6) is -2.19. The molecule has 3 aliphatic heterocycles. The number of hydrogen-bond acceptors (Lipinski definition) is 5. The van der Waals surface area contributed by atoms with Crippen molar-refractivity contribution in [3.63, 3.8) is 0 Å². The fourth-order valence-electron chi connectivity index (χ4n) is 7.42. The Morgan fingerprint density at radius 3 is 2.60 bits per heavy atom. The lowest BCUT2D eigenvalue weighted by Crippen LogP contribution is -2.56. The van der Waals surface area contributed by atoms with Gasteiger partial charge < -0.3 is 25.2 Å². The van der Waals surface area contributed by atoms with Crippen molar-refractivity contribution in [2.45, 2.75) is 75.8 Å². The van der Waals surface area contributed by atoms with E-state index in [2.05, 4.69) is 34.7 Å². The third-order valence-electron chi connectivity index (χ3n) is 9.55. The normalized spacial score (nSPS) is 28.0. The number of amides is 3. The van der Waals surface area contributed by atoms with Crippen LogP contribution in [-0.4, -0.2) is 71.4 Å². The number of hydrogen-bond donors (Lipinski definition) is 2. The molecule has 0 unspecified atom stereocenters. The number of likely N-dealkylation sites (tertiary alicyclic amines) is 1. The third-order valence-corrected chi connectivity index (χ3v) is 9.96. The number of nitrogens with zero attached hydrogens (tertiary/aromatic N) is 2. The van der Waals surface area contributed by atoms with Crippen LogP contribution in [0.1, 0.15) is 49.7 Å². The molecule has 3 fully saturated rings. The number of anilines is 1. The minimum absolute atomic E-state index is 0.0959. The zero-order chi connectivity index (χ0) is 30.1. The molecule has 1 saturated carbocycles. The highest BCUT2D eigenvalue weighted by atomic mass is 35.5. The van der Waals surface area contributed by atoms with Gasteiger partial charge in [0.1, 0.15) is 11.6 Å². The predicted molar refractivity (Wildman–Crippen MR) is 166 cm³/mol. The molecule has 5 atom stereocenters. The van der Waals surface area contributed by atoms with Crippen molar-refractivity contribution < 1.29 is 19.1 Å². The summed E-state index contributed by atoms with van der Waals surface area (Å²) < 4.78 is 6.50. The summed E-state index contributed by atoms with van der Waals surface area (Å²) in [5, 5.41) is 6.77. The molecule has 2 aromatic rings. The maximum absolute atomic E-state index is 14.2. The topological polar surface area (TPSA) is 91.0 Å². The molecule has 3 heterocycles. The molecule has 0 radical (unpaired) electrons. The summed E-state index contributed by atoms with van der Waals surface area (Å²) in [5.41, 5.74) is 1.53. The Bertz CT molecular complexity index is 1390. The van der Waals surface area contributed by atoms with Crippen molar-refractivity contribution >= 4 is 35.0 Å². The average molecular weight is 605 g/mol. The number of aryl methyl sites for hydroxylation is 1. The van der Waals surface area contributed by atoms with Gasteiger partial charge in [0.2, 0.25) is 17.7 Å². The number of fused-ring (bicyclic) bond motifs is 1. The van der Waals surface area contributed by atoms with Crippen LogP contribution in [0.3, 0.4) is 0 Å². The first-order valence-corrected chi connectivity index (χ1v) is 15.9. The molecule has 9 heteroatoms. The van der Waals surface area contributed by atoms with Crippen molar-refractivity contribution in [2.24, 2.45) is 11.8 Å². The summed E-state index contributed by atoms with van der Waals surface area (Å²) >= 11 is 6.30. The summed E-state index contributed by atoms with van der Waals surface area (Å²) in [6.07, 6.45) is 9.09. The average Bonchev–Trinajstić information content (AvgIpc) is 3.63. The first-order valence-electron chi connectivity index (χ1n) is 15.5. The van der Waals surface area contributed by atoms with Crippen molar-refractivity contribution in [1.29, 1.82) is 0 Å². The van der Waals surface area contributed by atoms with E-state index >= 15 is 0 Å². The number of carbonyl (C=O) groups is 3. The largest absolute Gasteiger partial charge is 0.359 e. The van der Waals surface area contributed by atoms with Crippen LogP contribution >= 0.6 is 11.6 Å². The lowest BCUT2D eigenvalue weighted by molar-refractivity contribution is -0.141. The second-order valence-corrected chi connectivity index (χ2v) is 13.0. The van der Waals surface area contributed by atoms with Crippen molar-refractivity contribution in [3.05, 3.63) is 76.8 Å². The predicted octanol–water partition coefficient (Wildman–Crippen LogP) is 4.71. The Kier molecular flexibility index (Phi) is 8.63. The van der Waals surface area contributed by atoms with Crippen molar-refractivity contribution in [3.8, 4) is 0 Å². The third kappa shape index (κ3) is 5.85. The van der Waals surface area contributed by atoms with E-state index in [1.165, 1.54) is 12.0 Å². The molecule has 2 saturated heterocycles. The van der Waals surface area contributed by atoms with E-state index in [1.54, 1.807) is 17.0 Å². The minimum atomic E-state index is -1.16. The lowest BCUT2D eigenvalue weighted by atomic mass is 9.74. The Morgan fingerprint density at radius 1 is 1.09 bits per heavy atom. The Morgan fingerprint density at radius 2 is 1.86 bits per heavy atom. The highest BCUT2D eigenvalue weighted by Crippen LogP contribution is 2.55. The molecule has 4 aliphatic rings. The number of halogens is 1. The molecular weight excluding hydrogens is 564 g/mol. The second kappa shape index (κ2) is 12.4. The smallest absolute Gasteiger partial charge is 0.246 e. The Hall–Kier alpha value is -3.20. The van der Waals surface area contributed by atoms with E-state index < -0.39 is 29.6 Å². The van der Waals surface area contributed by atoms with Crippen LogP contribution in [-0.2, 0) is 25.7 Å². The molecule has 8 nitrogen and oxygen atoms in total. The minimum Gasteiger partial charge on any atom is -0.359 e. The summed E-state index contributed by atoms with van der Waals surface area (Å²) in [6.45, 7) is 3.86. The van der Waals surface area contributed by atoms with Crippen LogP contribution in [0.4, 0.5) is 5.69 Å². The zero-order valence-corrected chi connectivity index (χ0v) is 25.7. The molecule has 6 rings (SSSR count). The molecule has 3 amide bonds. The molecule has 1 aliphatic carbocycles. The molecular formula is C34H41ClN4O4. The molecule has 2 N–H and O–H groups in total. The zero-order valence-electron chi connectivity index (χ0n) is 24.9. The van der Waals surface area contributed by atoms with Gasteiger partial charge in [-0.05, 0) is 63.0 Å². The first kappa shape index (κ1) is 29.9. The Labute approximate surface area is 258 Å². The fraction of sp³-hybridized carbons (Fsp3) is 0.500. The van der Waals surface area contributed by atoms with Crippen LogP contribution < -0.4 is 10.6 Å². The summed E-state index contributed by atoms with van der Waals surface area (Å²) in [6, 6.07) is 14.9. The van der Waals surface area contributed by atoms with Gasteiger partial charge in [0.25, 0.3) is 0 Å². The Balaban J connectivity index is 1.21. The van der Waals surface area contributed by atoms with Gasteiger partial charge in [0.05, 0.1) is 17.9 Å². The standard InChI is InChI=1S/C34H41ClN4O4/c1-22-14-15-25(20-26(22)35)37-31(40)28-27-16-17-34(43-27)29(28)33(42)39(30(34)32(41)36-24-12-7-4-8-13-24)19-9-18-38(2)21-23-10-5-3-6-11-23/h3,5-6,10-11,14-17,20,24,27-30H,4,7-9,12-13,18-19,21H2,1-2H3,(H,36,41)(H,37,40)/t27-,28+,29-,30+,34-/m1/s1. The summed E-state index contributed by atoms with van der Waals surface area (Å²) in [7, 11) is 2.06. The van der Waals surface area contributed by atoms with E-state index in [4.69, 9.17) is 16.3 Å². The van der Waals surface area contributed by atoms with Gasteiger partial charge in [0.15, 0.2) is 0 Å². The number of benzene rings is 2. The van der Waals surface area contributed by atoms with Crippen LogP contribution in [0.15, 0.2) is 60.7 Å². The van der Waals surface area contributed by atoms with Crippen LogP contribution in [0.5, 0.6) is 0 Å². The molecule has 2 aromatic carbocycles. The number of nitrogens with one attached hydrogen (secondary N) is 2. The van der Waals surface area contributed by atoms with Gasteiger partial charge in [-0.1, -0.05) is 79.4 Å². The fourth-order valence-corrected chi connectivity index (χ4v) is 7.60. The maximum atomic E-state index is 14.2. The second-order valence-electron chi connectivity index (χ2n) is 12.6. The van der Waals surface area contributed by atoms with Gasteiger partial charge in [-0.15, -0.1) is 0 Å². The molecule has 43 heavy (non-hydrogen) atoms. The molecule has 0 aromatic heterocycles. The first-order chi connectivity index (χ1) is 20.8. The van der Waals surface area contributed by atoms with Gasteiger partial charge in [-0.3, -0.25) is 14.4 Å². The van der Waals surface area contributed by atoms with Crippen LogP contribution in [0.2, 0.25) is 5.02 Å². The highest BCUT2D eigenvalue weighted by Gasteiger charge is 2.72. The highest BCUT2D eigenvalue weighted by molar-refractivity contribution is 6.31. The number of carbonyl (C=O) groups excluding carboxylic acids is 3. The van der Waals surface area contributed by atoms with E-state index in [0.717, 1.165) is 44.3 Å². The molecule has 2 bridgehead atoms. The molecule has 1 spiro atoms. The van der Waals surface area contributed by atoms with Crippen molar-refractivity contribution in [1.82, 2.24) is 15.1 Å². The van der Waals surface area contributed by atoms with Gasteiger partial charge in [0, 0.05) is 29.8 Å². The van der Waals surface area contributed by atoms with E-state index in [0.29, 0.717) is 23.7 Å². The van der Waals surface area contributed by atoms with Crippen molar-refractivity contribution in [2.75, 3.05) is 25.5 Å². The van der Waals surface area contributed by atoms with Gasteiger partial charge >= 0.3 is 0 Å². The molecule has 228 valence electrons. The number of rotatable bonds is 10. The van der Waals surface area contributed by atoms with E-state index in [-0.39, 0.29) is 23.8 Å². The van der Waals surface area contributed by atoms with Gasteiger partial charge in [-0.2, -0.15) is 0 Å². The van der Waals surface area contributed by atoms with Crippen LogP contribution in [0.25, 0.3) is 0 Å². The SMILES string of the molecule is Cc1ccc(NC(=O)[C@H]2[C@H]3C=C[C@]4(O3)[C@H](C(=O)NC3CCCCC3)N(CCCN(C)Cc3ccccc3)C(=O)[C@@H]24)cc1Cl.